The number of primary amides is 1. The van der Waals surface area contributed by atoms with E-state index < -0.39 is 39.8 Å². The van der Waals surface area contributed by atoms with Gasteiger partial charge in [-0.25, -0.2) is 13.2 Å². The molecule has 13 nitrogen and oxygen atoms in total. The molecule has 1 aromatic rings. The first-order valence-corrected chi connectivity index (χ1v) is 16.4. The van der Waals surface area contributed by atoms with Gasteiger partial charge in [0, 0.05) is 24.1 Å². The highest BCUT2D eigenvalue weighted by molar-refractivity contribution is 7.94. The van der Waals surface area contributed by atoms with Crippen molar-refractivity contribution in [3.8, 4) is 0 Å². The van der Waals surface area contributed by atoms with E-state index in [4.69, 9.17) is 10.5 Å². The average Bonchev–Trinajstić information content (AvgIpc) is 2.96. The highest BCUT2D eigenvalue weighted by Crippen LogP contribution is 2.13. The van der Waals surface area contributed by atoms with Gasteiger partial charge in [0.2, 0.25) is 17.7 Å². The van der Waals surface area contributed by atoms with E-state index in [-0.39, 0.29) is 55.5 Å². The van der Waals surface area contributed by atoms with Crippen LogP contribution < -0.4 is 27.0 Å². The molecule has 2 atom stereocenters. The minimum atomic E-state index is -3.29. The highest BCUT2D eigenvalue weighted by atomic mass is 32.2. The van der Waals surface area contributed by atoms with Gasteiger partial charge < -0.3 is 31.7 Å². The van der Waals surface area contributed by atoms with E-state index in [1.165, 1.54) is 0 Å². The zero-order chi connectivity index (χ0) is 33.3. The molecule has 1 rings (SSSR count). The number of sulfone groups is 1. The Balaban J connectivity index is 2.83. The normalized spacial score (nSPS) is 12.6. The van der Waals surface area contributed by atoms with Crippen LogP contribution in [0.15, 0.2) is 36.3 Å². The number of carbonyl (C=O) groups is 5. The van der Waals surface area contributed by atoms with Crippen LogP contribution >= 0.6 is 0 Å². The smallest absolute Gasteiger partial charge is 0.312 e. The Morgan fingerprint density at radius 1 is 0.932 bits per heavy atom. The van der Waals surface area contributed by atoms with E-state index in [0.29, 0.717) is 31.4 Å². The fourth-order valence-electron chi connectivity index (χ4n) is 3.91. The van der Waals surface area contributed by atoms with Gasteiger partial charge in [-0.2, -0.15) is 0 Å². The molecule has 5 amide bonds. The number of carbonyl (C=O) groups excluding carboxylic acids is 5. The fourth-order valence-corrected chi connectivity index (χ4v) is 4.69. The second kappa shape index (κ2) is 19.4. The molecule has 14 heteroatoms. The zero-order valence-electron chi connectivity index (χ0n) is 26.0. The number of nitrogens with two attached hydrogens (primary N) is 1. The molecule has 44 heavy (non-hydrogen) atoms. The third kappa shape index (κ3) is 15.5. The van der Waals surface area contributed by atoms with Gasteiger partial charge in [-0.15, -0.1) is 0 Å². The lowest BCUT2D eigenvalue weighted by Gasteiger charge is -2.25. The molecule has 0 spiro atoms. The molecule has 1 aromatic carbocycles. The molecule has 0 saturated carbocycles. The summed E-state index contributed by atoms with van der Waals surface area (Å²) in [6, 6.07) is 4.08. The summed E-state index contributed by atoms with van der Waals surface area (Å²) in [5.41, 5.74) is 6.31. The average molecular weight is 638 g/mol. The number of benzene rings is 1. The molecule has 0 aromatic heterocycles. The maximum absolute atomic E-state index is 13.3. The van der Waals surface area contributed by atoms with Crippen LogP contribution in [0, 0.1) is 11.8 Å². The topological polar surface area (TPSA) is 203 Å². The molecular weight excluding hydrogens is 590 g/mol. The van der Waals surface area contributed by atoms with Crippen LogP contribution in [0.4, 0.5) is 10.5 Å². The Morgan fingerprint density at radius 3 is 2.16 bits per heavy atom. The molecule has 0 heterocycles. The third-order valence-electron chi connectivity index (χ3n) is 6.53. The quantitative estimate of drug-likeness (QED) is 0.106. The van der Waals surface area contributed by atoms with Crippen molar-refractivity contribution in [1.29, 1.82) is 0 Å². The van der Waals surface area contributed by atoms with Crippen LogP contribution in [-0.2, 0) is 40.4 Å². The predicted molar refractivity (Wildman–Crippen MR) is 168 cm³/mol. The Kier molecular flexibility index (Phi) is 16.8. The number of anilines is 1. The van der Waals surface area contributed by atoms with E-state index in [2.05, 4.69) is 27.8 Å². The molecule has 0 aliphatic heterocycles. The van der Waals surface area contributed by atoms with E-state index in [0.717, 1.165) is 11.0 Å². The summed E-state index contributed by atoms with van der Waals surface area (Å²) in [5.74, 6) is -2.31. The van der Waals surface area contributed by atoms with Crippen LogP contribution in [0.5, 0.6) is 0 Å². The molecule has 0 bridgehead atoms. The highest BCUT2D eigenvalue weighted by Gasteiger charge is 2.28. The van der Waals surface area contributed by atoms with Crippen LogP contribution in [0.3, 0.4) is 0 Å². The van der Waals surface area contributed by atoms with Crippen molar-refractivity contribution in [2.45, 2.75) is 84.9 Å². The number of unbranched alkanes of at least 4 members (excludes halogenated alkanes) is 2. The molecule has 0 radical (unpaired) electrons. The van der Waals surface area contributed by atoms with Gasteiger partial charge in [0.25, 0.3) is 0 Å². The molecular formula is C30H47N5O8S. The summed E-state index contributed by atoms with van der Waals surface area (Å²) in [5, 5.41) is 11.6. The summed E-state index contributed by atoms with van der Waals surface area (Å²) >= 11 is 0. The van der Waals surface area contributed by atoms with Gasteiger partial charge in [0.1, 0.15) is 18.7 Å². The van der Waals surface area contributed by atoms with Crippen molar-refractivity contribution in [2.75, 3.05) is 17.6 Å². The molecule has 0 fully saturated rings. The van der Waals surface area contributed by atoms with Crippen LogP contribution in [0.2, 0.25) is 0 Å². The van der Waals surface area contributed by atoms with Crippen LogP contribution in [0.1, 0.15) is 71.8 Å². The SMILES string of the molecule is C=CS(=O)(=O)CCCCCC(=O)NC(C(=O)NC(CCCNC(N)=O)C(=O)Nc1ccc(COC(=O)C(C)C)cc1)C(C)C. The first-order valence-electron chi connectivity index (χ1n) is 14.7. The summed E-state index contributed by atoms with van der Waals surface area (Å²) in [7, 11) is -3.29. The number of urea groups is 1. The standard InChI is InChI=1S/C30H47N5O8S/c1-6-44(41,42)18-9-7-8-12-25(36)35-26(20(2)3)28(38)34-24(11-10-17-32-30(31)40)27(37)33-23-15-13-22(14-16-23)19-43-29(39)21(4)5/h6,13-16,20-21,24,26H,1,7-12,17-19H2,2-5H3,(H,33,37)(H,34,38)(H,35,36)(H3,31,32,40). The van der Waals surface area contributed by atoms with E-state index in [1.54, 1.807) is 52.0 Å². The summed E-state index contributed by atoms with van der Waals surface area (Å²) < 4.78 is 28.2. The van der Waals surface area contributed by atoms with Crippen molar-refractivity contribution in [3.63, 3.8) is 0 Å². The fraction of sp³-hybridized carbons (Fsp3) is 0.567. The molecule has 2 unspecified atom stereocenters. The van der Waals surface area contributed by atoms with Gasteiger partial charge in [0.15, 0.2) is 9.84 Å². The number of esters is 1. The van der Waals surface area contributed by atoms with E-state index in [1.807, 2.05) is 0 Å². The molecule has 0 saturated heterocycles. The van der Waals surface area contributed by atoms with Crippen molar-refractivity contribution >= 4 is 45.2 Å². The Morgan fingerprint density at radius 2 is 1.59 bits per heavy atom. The van der Waals surface area contributed by atoms with Crippen molar-refractivity contribution in [2.24, 2.45) is 17.6 Å². The second-order valence-corrected chi connectivity index (χ2v) is 13.1. The van der Waals surface area contributed by atoms with Crippen LogP contribution in [0.25, 0.3) is 0 Å². The first-order chi connectivity index (χ1) is 20.6. The van der Waals surface area contributed by atoms with Gasteiger partial charge in [-0.3, -0.25) is 19.2 Å². The van der Waals surface area contributed by atoms with Gasteiger partial charge in [0.05, 0.1) is 11.7 Å². The summed E-state index contributed by atoms with van der Waals surface area (Å²) in [6.07, 6.45) is 1.98. The molecule has 6 N–H and O–H groups in total. The minimum absolute atomic E-state index is 0.0363. The molecule has 246 valence electrons. The van der Waals surface area contributed by atoms with Gasteiger partial charge in [-0.1, -0.05) is 52.8 Å². The zero-order valence-corrected chi connectivity index (χ0v) is 26.8. The molecule has 0 aliphatic rings. The number of ether oxygens (including phenoxy) is 1. The summed E-state index contributed by atoms with van der Waals surface area (Å²) in [4.78, 5) is 61.8. The predicted octanol–water partition coefficient (Wildman–Crippen LogP) is 2.52. The maximum Gasteiger partial charge on any atom is 0.312 e. The number of amides is 5. The molecule has 0 aliphatic carbocycles. The Hall–Kier alpha value is -3.94. The van der Waals surface area contributed by atoms with Crippen molar-refractivity contribution < 1.29 is 37.1 Å². The Labute approximate surface area is 260 Å². The number of hydrogen-bond acceptors (Lipinski definition) is 8. The third-order valence-corrected chi connectivity index (χ3v) is 7.89. The number of hydrogen-bond donors (Lipinski definition) is 5. The van der Waals surface area contributed by atoms with Gasteiger partial charge in [-0.05, 0) is 49.3 Å². The lowest BCUT2D eigenvalue weighted by molar-refractivity contribution is -0.148. The maximum atomic E-state index is 13.3. The van der Waals surface area contributed by atoms with Gasteiger partial charge >= 0.3 is 12.0 Å². The van der Waals surface area contributed by atoms with E-state index in [9.17, 15) is 32.4 Å². The largest absolute Gasteiger partial charge is 0.461 e. The lowest BCUT2D eigenvalue weighted by Crippen LogP contribution is -2.54. The lowest BCUT2D eigenvalue weighted by atomic mass is 10.0. The number of rotatable bonds is 20. The van der Waals surface area contributed by atoms with Crippen molar-refractivity contribution in [1.82, 2.24) is 16.0 Å². The first kappa shape index (κ1) is 38.1. The Bertz CT molecular complexity index is 1230. The van der Waals surface area contributed by atoms with Crippen LogP contribution in [-0.4, -0.2) is 62.5 Å². The minimum Gasteiger partial charge on any atom is -0.461 e. The summed E-state index contributed by atoms with van der Waals surface area (Å²) in [6.45, 7) is 10.6. The van der Waals surface area contributed by atoms with E-state index >= 15 is 0 Å². The second-order valence-electron chi connectivity index (χ2n) is 11.1. The monoisotopic (exact) mass is 637 g/mol. The number of nitrogens with one attached hydrogen (secondary N) is 4. The van der Waals surface area contributed by atoms with Crippen molar-refractivity contribution in [3.05, 3.63) is 41.8 Å².